The quantitative estimate of drug-likeness (QED) is 0.365. The normalized spacial score (nSPS) is 13.3. The molecule has 0 spiro atoms. The van der Waals surface area contributed by atoms with E-state index in [1.54, 1.807) is 24.3 Å². The molecule has 2 amide bonds. The van der Waals surface area contributed by atoms with E-state index in [4.69, 9.17) is 11.5 Å². The van der Waals surface area contributed by atoms with Gasteiger partial charge in [0.2, 0.25) is 11.8 Å². The number of benzene rings is 1. The van der Waals surface area contributed by atoms with Crippen LogP contribution in [0.4, 0.5) is 0 Å². The third-order valence-corrected chi connectivity index (χ3v) is 2.74. The zero-order valence-corrected chi connectivity index (χ0v) is 10.9. The molecule has 0 saturated heterocycles. The molecule has 0 fully saturated rings. The van der Waals surface area contributed by atoms with Gasteiger partial charge in [0.15, 0.2) is 0 Å². The van der Waals surface area contributed by atoms with E-state index in [9.17, 15) is 19.6 Å². The summed E-state index contributed by atoms with van der Waals surface area (Å²) in [6.45, 7) is 0. The van der Waals surface area contributed by atoms with E-state index in [0.29, 0.717) is 0 Å². The van der Waals surface area contributed by atoms with Crippen LogP contribution in [0.2, 0.25) is 0 Å². The molecule has 0 aliphatic heterocycles. The molecule has 0 radical (unpaired) electrons. The Labute approximate surface area is 117 Å². The van der Waals surface area contributed by atoms with Gasteiger partial charge in [0, 0.05) is 0 Å². The monoisotopic (exact) mass is 279 g/mol. The van der Waals surface area contributed by atoms with Gasteiger partial charge in [0.05, 0.1) is 18.4 Å². The lowest BCUT2D eigenvalue weighted by atomic mass is 9.75. The summed E-state index contributed by atoms with van der Waals surface area (Å²) < 4.78 is 0. The molecule has 0 unspecified atom stereocenters. The van der Waals surface area contributed by atoms with Crippen molar-refractivity contribution in [2.24, 2.45) is 11.5 Å². The first-order chi connectivity index (χ1) is 9.40. The molecule has 0 aliphatic carbocycles. The Morgan fingerprint density at radius 3 is 2.35 bits per heavy atom. The highest BCUT2D eigenvalue weighted by molar-refractivity contribution is 6.43. The molecule has 0 heterocycles. The van der Waals surface area contributed by atoms with E-state index in [1.807, 2.05) is 6.07 Å². The van der Waals surface area contributed by atoms with Crippen molar-refractivity contribution >= 4 is 18.9 Å². The van der Waals surface area contributed by atoms with Gasteiger partial charge in [-0.05, 0) is 12.0 Å². The van der Waals surface area contributed by atoms with Gasteiger partial charge in [-0.15, -0.1) is 0 Å². The average Bonchev–Trinajstić information content (AvgIpc) is 2.38. The third kappa shape index (κ3) is 5.39. The minimum Gasteiger partial charge on any atom is -0.426 e. The Morgan fingerprint density at radius 2 is 1.85 bits per heavy atom. The Balaban J connectivity index is 2.63. The first kappa shape index (κ1) is 16.2. The first-order valence-corrected chi connectivity index (χ1v) is 6.14. The van der Waals surface area contributed by atoms with Crippen molar-refractivity contribution in [3.05, 3.63) is 35.9 Å². The van der Waals surface area contributed by atoms with Crippen LogP contribution in [0.5, 0.6) is 0 Å². The predicted molar refractivity (Wildman–Crippen MR) is 74.1 cm³/mol. The predicted octanol–water partition coefficient (Wildman–Crippen LogP) is -2.07. The molecule has 7 N–H and O–H groups in total. The van der Waals surface area contributed by atoms with Crippen molar-refractivity contribution in [3.63, 3.8) is 0 Å². The highest BCUT2D eigenvalue weighted by Gasteiger charge is 2.27. The molecule has 0 aliphatic rings. The summed E-state index contributed by atoms with van der Waals surface area (Å²) >= 11 is 0. The minimum atomic E-state index is -1.74. The van der Waals surface area contributed by atoms with Crippen LogP contribution in [0.1, 0.15) is 12.0 Å². The van der Waals surface area contributed by atoms with Crippen LogP contribution in [0, 0.1) is 0 Å². The average molecular weight is 279 g/mol. The van der Waals surface area contributed by atoms with Crippen molar-refractivity contribution in [2.75, 3.05) is 0 Å². The van der Waals surface area contributed by atoms with Gasteiger partial charge in [-0.1, -0.05) is 30.3 Å². The molecule has 1 aromatic rings. The minimum absolute atomic E-state index is 0.230. The number of hydrogen-bond acceptors (Lipinski definition) is 5. The number of hydrogen-bond donors (Lipinski definition) is 5. The summed E-state index contributed by atoms with van der Waals surface area (Å²) in [5.74, 6) is -2.27. The summed E-state index contributed by atoms with van der Waals surface area (Å²) in [6, 6.07) is 7.92. The smallest absolute Gasteiger partial charge is 0.426 e. The van der Waals surface area contributed by atoms with Gasteiger partial charge in [-0.25, -0.2) is 0 Å². The number of rotatable bonds is 7. The van der Waals surface area contributed by atoms with Crippen LogP contribution in [-0.4, -0.2) is 41.0 Å². The molecule has 108 valence electrons. The molecule has 2 atom stereocenters. The third-order valence-electron chi connectivity index (χ3n) is 2.74. The van der Waals surface area contributed by atoms with Crippen LogP contribution in [0.15, 0.2) is 30.3 Å². The molecule has 7 nitrogen and oxygen atoms in total. The highest BCUT2D eigenvalue weighted by Crippen LogP contribution is 2.04. The first-order valence-electron chi connectivity index (χ1n) is 6.14. The maximum Gasteiger partial charge on any atom is 0.475 e. The van der Waals surface area contributed by atoms with Crippen molar-refractivity contribution < 1.29 is 19.6 Å². The van der Waals surface area contributed by atoms with E-state index in [-0.39, 0.29) is 12.8 Å². The SMILES string of the molecule is NC(=O)C[C@H](N)C(=O)N[C@@H](Cc1ccccc1)B(O)O. The highest BCUT2D eigenvalue weighted by atomic mass is 16.4. The molecular formula is C12H18BN3O4. The van der Waals surface area contributed by atoms with E-state index in [1.165, 1.54) is 0 Å². The van der Waals surface area contributed by atoms with E-state index >= 15 is 0 Å². The second-order valence-electron chi connectivity index (χ2n) is 4.50. The zero-order chi connectivity index (χ0) is 15.1. The summed E-state index contributed by atoms with van der Waals surface area (Å²) in [7, 11) is -1.74. The van der Waals surface area contributed by atoms with Gasteiger partial charge in [0.1, 0.15) is 0 Å². The molecule has 1 aromatic carbocycles. The van der Waals surface area contributed by atoms with Crippen LogP contribution in [0.3, 0.4) is 0 Å². The van der Waals surface area contributed by atoms with E-state index < -0.39 is 30.9 Å². The largest absolute Gasteiger partial charge is 0.475 e. The second-order valence-corrected chi connectivity index (χ2v) is 4.50. The fourth-order valence-electron chi connectivity index (χ4n) is 1.70. The molecule has 20 heavy (non-hydrogen) atoms. The lowest BCUT2D eigenvalue weighted by molar-refractivity contribution is -0.126. The Hall–Kier alpha value is -1.90. The number of nitrogens with two attached hydrogens (primary N) is 2. The van der Waals surface area contributed by atoms with Crippen LogP contribution in [0.25, 0.3) is 0 Å². The Kier molecular flexibility index (Phi) is 6.17. The summed E-state index contributed by atoms with van der Waals surface area (Å²) in [5, 5.41) is 21.0. The molecule has 8 heteroatoms. The lowest BCUT2D eigenvalue weighted by Gasteiger charge is -2.20. The maximum absolute atomic E-state index is 11.7. The fraction of sp³-hybridized carbons (Fsp3) is 0.333. The summed E-state index contributed by atoms with van der Waals surface area (Å²) in [4.78, 5) is 22.4. The number of amides is 2. The molecular weight excluding hydrogens is 261 g/mol. The molecule has 0 bridgehead atoms. The molecule has 1 rings (SSSR count). The Bertz CT molecular complexity index is 455. The van der Waals surface area contributed by atoms with Gasteiger partial charge in [0.25, 0.3) is 0 Å². The second kappa shape index (κ2) is 7.64. The lowest BCUT2D eigenvalue weighted by Crippen LogP contribution is -2.53. The zero-order valence-electron chi connectivity index (χ0n) is 10.9. The van der Waals surface area contributed by atoms with Crippen molar-refractivity contribution in [1.29, 1.82) is 0 Å². The van der Waals surface area contributed by atoms with Gasteiger partial charge >= 0.3 is 7.12 Å². The summed E-state index contributed by atoms with van der Waals surface area (Å²) in [5.41, 5.74) is 11.3. The number of carbonyl (C=O) groups excluding carboxylic acids is 2. The maximum atomic E-state index is 11.7. The number of primary amides is 1. The molecule has 0 aromatic heterocycles. The molecule has 0 saturated carbocycles. The Morgan fingerprint density at radius 1 is 1.25 bits per heavy atom. The van der Waals surface area contributed by atoms with Crippen LogP contribution >= 0.6 is 0 Å². The number of carbonyl (C=O) groups is 2. The number of nitrogens with one attached hydrogen (secondary N) is 1. The van der Waals surface area contributed by atoms with Crippen molar-refractivity contribution in [2.45, 2.75) is 24.8 Å². The van der Waals surface area contributed by atoms with Gasteiger partial charge < -0.3 is 26.8 Å². The van der Waals surface area contributed by atoms with Gasteiger partial charge in [-0.2, -0.15) is 0 Å². The van der Waals surface area contributed by atoms with Gasteiger partial charge in [-0.3, -0.25) is 9.59 Å². The standard InChI is InChI=1S/C12H18BN3O4/c14-9(7-11(15)17)12(18)16-10(13(19)20)6-8-4-2-1-3-5-8/h1-5,9-10,19-20H,6-7,14H2,(H2,15,17)(H,16,18)/t9-,10-/m0/s1. The van der Waals surface area contributed by atoms with Crippen molar-refractivity contribution in [1.82, 2.24) is 5.32 Å². The van der Waals surface area contributed by atoms with E-state index in [2.05, 4.69) is 5.32 Å². The topological polar surface area (TPSA) is 139 Å². The van der Waals surface area contributed by atoms with Crippen LogP contribution < -0.4 is 16.8 Å². The summed E-state index contributed by atoms with van der Waals surface area (Å²) in [6.07, 6.45) is -0.0705. The van der Waals surface area contributed by atoms with Crippen LogP contribution in [-0.2, 0) is 16.0 Å². The fourth-order valence-corrected chi connectivity index (χ4v) is 1.70. The van der Waals surface area contributed by atoms with E-state index in [0.717, 1.165) is 5.56 Å². The van der Waals surface area contributed by atoms with Crippen molar-refractivity contribution in [3.8, 4) is 0 Å².